The van der Waals surface area contributed by atoms with Gasteiger partial charge in [-0.05, 0) is 49.2 Å². The maximum atomic E-state index is 13.1. The summed E-state index contributed by atoms with van der Waals surface area (Å²) in [7, 11) is -2.22. The average Bonchev–Trinajstić information content (AvgIpc) is 2.68. The number of carbonyl (C=O) groups is 1. The summed E-state index contributed by atoms with van der Waals surface area (Å²) in [6, 6.07) is 11.7. The summed E-state index contributed by atoms with van der Waals surface area (Å²) in [4.78, 5) is 12.6. The Balaban J connectivity index is 1.71. The molecule has 1 saturated heterocycles. The van der Waals surface area contributed by atoms with E-state index >= 15 is 0 Å². The smallest absolute Gasteiger partial charge is 0.243 e. The molecule has 27 heavy (non-hydrogen) atoms. The predicted octanol–water partition coefficient (Wildman–Crippen LogP) is 2.87. The van der Waals surface area contributed by atoms with Crippen molar-refractivity contribution < 1.29 is 22.3 Å². The number of hydrogen-bond donors (Lipinski definition) is 1. The molecule has 1 aliphatic heterocycles. The number of ether oxygens (including phenoxy) is 1. The van der Waals surface area contributed by atoms with Gasteiger partial charge in [0.15, 0.2) is 0 Å². The second kappa shape index (κ2) is 8.06. The molecule has 1 atom stereocenters. The van der Waals surface area contributed by atoms with Gasteiger partial charge in [0, 0.05) is 24.8 Å². The molecule has 1 aliphatic rings. The molecule has 0 spiro atoms. The van der Waals surface area contributed by atoms with Crippen molar-refractivity contribution in [3.63, 3.8) is 0 Å². The second-order valence-electron chi connectivity index (χ2n) is 6.38. The summed E-state index contributed by atoms with van der Waals surface area (Å²) in [5, 5.41) is 2.82. The van der Waals surface area contributed by atoms with E-state index in [9.17, 15) is 17.6 Å². The van der Waals surface area contributed by atoms with Crippen molar-refractivity contribution in [2.75, 3.05) is 25.5 Å². The van der Waals surface area contributed by atoms with Crippen LogP contribution in [0, 0.1) is 11.7 Å². The third-order valence-electron chi connectivity index (χ3n) is 4.54. The molecule has 8 heteroatoms. The van der Waals surface area contributed by atoms with Gasteiger partial charge < -0.3 is 10.1 Å². The fraction of sp³-hybridized carbons (Fsp3) is 0.316. The highest BCUT2D eigenvalue weighted by Gasteiger charge is 2.33. The zero-order valence-electron chi connectivity index (χ0n) is 14.9. The van der Waals surface area contributed by atoms with Crippen LogP contribution in [0.5, 0.6) is 5.75 Å². The van der Waals surface area contributed by atoms with Gasteiger partial charge in [0.05, 0.1) is 17.9 Å². The van der Waals surface area contributed by atoms with Gasteiger partial charge in [0.25, 0.3) is 0 Å². The lowest BCUT2D eigenvalue weighted by Crippen LogP contribution is -2.43. The number of benzene rings is 2. The van der Waals surface area contributed by atoms with Gasteiger partial charge in [0.2, 0.25) is 15.9 Å². The van der Waals surface area contributed by atoms with E-state index in [0.717, 1.165) is 12.1 Å². The van der Waals surface area contributed by atoms with E-state index in [1.165, 1.54) is 16.4 Å². The summed E-state index contributed by atoms with van der Waals surface area (Å²) in [6.07, 6.45) is 1.18. The van der Waals surface area contributed by atoms with E-state index < -0.39 is 21.8 Å². The zero-order chi connectivity index (χ0) is 19.4. The summed E-state index contributed by atoms with van der Waals surface area (Å²) < 4.78 is 45.0. The van der Waals surface area contributed by atoms with Crippen molar-refractivity contribution in [1.82, 2.24) is 4.31 Å². The van der Waals surface area contributed by atoms with E-state index in [4.69, 9.17) is 4.74 Å². The Labute approximate surface area is 158 Å². The van der Waals surface area contributed by atoms with Crippen LogP contribution in [0.25, 0.3) is 0 Å². The first-order chi connectivity index (χ1) is 12.9. The molecule has 144 valence electrons. The summed E-state index contributed by atoms with van der Waals surface area (Å²) >= 11 is 0. The molecule has 2 aromatic carbocycles. The van der Waals surface area contributed by atoms with Gasteiger partial charge in [-0.3, -0.25) is 4.79 Å². The van der Waals surface area contributed by atoms with Crippen LogP contribution in [0.3, 0.4) is 0 Å². The fourth-order valence-corrected chi connectivity index (χ4v) is 4.60. The SMILES string of the molecule is COc1cccc(NC(=O)C2CCCN(S(=O)(=O)c3ccc(F)cc3)C2)c1. The van der Waals surface area contributed by atoms with Crippen molar-refractivity contribution in [2.24, 2.45) is 5.92 Å². The standard InChI is InChI=1S/C19H21FN2O4S/c1-26-17-6-2-5-16(12-17)21-19(23)14-4-3-11-22(13-14)27(24,25)18-9-7-15(20)8-10-18/h2,5-10,12,14H,3-4,11,13H2,1H3,(H,21,23). The van der Waals surface area contributed by atoms with Crippen molar-refractivity contribution in [3.05, 3.63) is 54.3 Å². The number of hydrogen-bond acceptors (Lipinski definition) is 4. The number of anilines is 1. The molecule has 1 fully saturated rings. The normalized spacial score (nSPS) is 18.1. The largest absolute Gasteiger partial charge is 0.497 e. The fourth-order valence-electron chi connectivity index (χ4n) is 3.08. The molecule has 0 bridgehead atoms. The Kier molecular flexibility index (Phi) is 5.76. The Morgan fingerprint density at radius 3 is 2.67 bits per heavy atom. The third-order valence-corrected chi connectivity index (χ3v) is 6.42. The van der Waals surface area contributed by atoms with Gasteiger partial charge >= 0.3 is 0 Å². The maximum Gasteiger partial charge on any atom is 0.243 e. The number of amides is 1. The first-order valence-corrected chi connectivity index (χ1v) is 10.0. The number of halogens is 1. The molecule has 1 heterocycles. The zero-order valence-corrected chi connectivity index (χ0v) is 15.7. The summed E-state index contributed by atoms with van der Waals surface area (Å²) in [6.45, 7) is 0.429. The topological polar surface area (TPSA) is 75.7 Å². The highest BCUT2D eigenvalue weighted by atomic mass is 32.2. The van der Waals surface area contributed by atoms with Crippen molar-refractivity contribution in [2.45, 2.75) is 17.7 Å². The lowest BCUT2D eigenvalue weighted by atomic mass is 9.98. The summed E-state index contributed by atoms with van der Waals surface area (Å²) in [5.74, 6) is -0.567. The van der Waals surface area contributed by atoms with Gasteiger partial charge in [-0.1, -0.05) is 6.07 Å². The number of rotatable bonds is 5. The minimum atomic E-state index is -3.76. The van der Waals surface area contributed by atoms with E-state index in [1.807, 2.05) is 0 Å². The highest BCUT2D eigenvalue weighted by Crippen LogP contribution is 2.25. The minimum absolute atomic E-state index is 0.0257. The summed E-state index contributed by atoms with van der Waals surface area (Å²) in [5.41, 5.74) is 0.595. The molecule has 0 aromatic heterocycles. The Bertz CT molecular complexity index is 916. The van der Waals surface area contributed by atoms with Crippen LogP contribution in [-0.2, 0) is 14.8 Å². The number of carbonyl (C=O) groups excluding carboxylic acids is 1. The highest BCUT2D eigenvalue weighted by molar-refractivity contribution is 7.89. The molecule has 0 radical (unpaired) electrons. The Morgan fingerprint density at radius 2 is 1.96 bits per heavy atom. The van der Waals surface area contributed by atoms with Crippen molar-refractivity contribution >= 4 is 21.6 Å². The van der Waals surface area contributed by atoms with Gasteiger partial charge in [-0.25, -0.2) is 12.8 Å². The van der Waals surface area contributed by atoms with Crippen LogP contribution in [0.1, 0.15) is 12.8 Å². The van der Waals surface area contributed by atoms with E-state index in [2.05, 4.69) is 5.32 Å². The van der Waals surface area contributed by atoms with Gasteiger partial charge in [0.1, 0.15) is 11.6 Å². The molecule has 3 rings (SSSR count). The third kappa shape index (κ3) is 4.45. The number of nitrogens with one attached hydrogen (secondary N) is 1. The molecule has 1 N–H and O–H groups in total. The maximum absolute atomic E-state index is 13.1. The van der Waals surface area contributed by atoms with Crippen LogP contribution in [0.2, 0.25) is 0 Å². The number of nitrogens with zero attached hydrogens (tertiary/aromatic N) is 1. The van der Waals surface area contributed by atoms with E-state index in [1.54, 1.807) is 31.4 Å². The lowest BCUT2D eigenvalue weighted by molar-refractivity contribution is -0.120. The van der Waals surface area contributed by atoms with Crippen LogP contribution >= 0.6 is 0 Å². The Morgan fingerprint density at radius 1 is 1.22 bits per heavy atom. The number of sulfonamides is 1. The molecule has 6 nitrogen and oxygen atoms in total. The molecular formula is C19H21FN2O4S. The number of methoxy groups -OCH3 is 1. The quantitative estimate of drug-likeness (QED) is 0.849. The van der Waals surface area contributed by atoms with Crippen LogP contribution in [0.4, 0.5) is 10.1 Å². The van der Waals surface area contributed by atoms with Crippen LogP contribution in [0.15, 0.2) is 53.4 Å². The van der Waals surface area contributed by atoms with Gasteiger partial charge in [-0.15, -0.1) is 0 Å². The van der Waals surface area contributed by atoms with Crippen molar-refractivity contribution in [1.29, 1.82) is 0 Å². The van der Waals surface area contributed by atoms with Crippen molar-refractivity contribution in [3.8, 4) is 5.75 Å². The molecule has 0 saturated carbocycles. The van der Waals surface area contributed by atoms with E-state index in [-0.39, 0.29) is 17.3 Å². The number of piperidine rings is 1. The monoisotopic (exact) mass is 392 g/mol. The molecule has 0 aliphatic carbocycles. The second-order valence-corrected chi connectivity index (χ2v) is 8.32. The van der Waals surface area contributed by atoms with Crippen LogP contribution < -0.4 is 10.1 Å². The Hall–Kier alpha value is -2.45. The molecule has 1 unspecified atom stereocenters. The average molecular weight is 392 g/mol. The first kappa shape index (κ1) is 19.3. The van der Waals surface area contributed by atoms with E-state index in [0.29, 0.717) is 30.8 Å². The molecule has 1 amide bonds. The van der Waals surface area contributed by atoms with Gasteiger partial charge in [-0.2, -0.15) is 4.31 Å². The predicted molar refractivity (Wildman–Crippen MR) is 99.5 cm³/mol. The lowest BCUT2D eigenvalue weighted by Gasteiger charge is -2.31. The molecular weight excluding hydrogens is 371 g/mol. The minimum Gasteiger partial charge on any atom is -0.497 e. The first-order valence-electron chi connectivity index (χ1n) is 8.61. The van der Waals surface area contributed by atoms with Crippen LogP contribution in [-0.4, -0.2) is 38.8 Å². The molecule has 2 aromatic rings.